The Morgan fingerprint density at radius 2 is 2.07 bits per heavy atom. The molecule has 0 aliphatic carbocycles. The summed E-state index contributed by atoms with van der Waals surface area (Å²) >= 11 is 0. The van der Waals surface area contributed by atoms with Gasteiger partial charge in [-0.2, -0.15) is 0 Å². The normalized spacial score (nSPS) is 13.4. The van der Waals surface area contributed by atoms with Crippen LogP contribution in [0.3, 0.4) is 0 Å². The number of benzene rings is 1. The molecule has 0 radical (unpaired) electrons. The fourth-order valence-corrected chi connectivity index (χ4v) is 3.23. The number of likely N-dealkylation sites (N-methyl/N-ethyl adjacent to an activating group) is 1. The van der Waals surface area contributed by atoms with E-state index in [4.69, 9.17) is 4.74 Å². The van der Waals surface area contributed by atoms with Crippen molar-refractivity contribution in [3.63, 3.8) is 0 Å². The van der Waals surface area contributed by atoms with Crippen molar-refractivity contribution >= 4 is 17.2 Å². The smallest absolute Gasteiger partial charge is 0.147 e. The number of carbonyl (C=O) groups excluding carboxylic acids is 1. The minimum Gasteiger partial charge on any atom is -0.497 e. The molecule has 1 aromatic heterocycles. The third kappa shape index (κ3) is 5.99. The van der Waals surface area contributed by atoms with Gasteiger partial charge in [-0.3, -0.25) is 4.79 Å². The molecule has 28 heavy (non-hydrogen) atoms. The van der Waals surface area contributed by atoms with Crippen molar-refractivity contribution in [2.24, 2.45) is 7.05 Å². The number of fused-ring (bicyclic) bond motifs is 1. The van der Waals surface area contributed by atoms with Crippen LogP contribution in [0.4, 0.5) is 0 Å². The fraction of sp³-hybridized carbons (Fsp3) is 0.435. The number of rotatable bonds is 7. The molecule has 5 nitrogen and oxygen atoms in total. The molecule has 152 valence electrons. The Morgan fingerprint density at radius 1 is 1.29 bits per heavy atom. The van der Waals surface area contributed by atoms with E-state index in [2.05, 4.69) is 55.9 Å². The maximum Gasteiger partial charge on any atom is 0.147 e. The lowest BCUT2D eigenvalue weighted by Gasteiger charge is -2.18. The Hall–Kier alpha value is -2.53. The monoisotopic (exact) mass is 383 g/mol. The van der Waals surface area contributed by atoms with Crippen molar-refractivity contribution in [1.29, 1.82) is 0 Å². The van der Waals surface area contributed by atoms with E-state index < -0.39 is 0 Å². The molecule has 0 saturated carbocycles. The molecule has 0 spiro atoms. The van der Waals surface area contributed by atoms with Gasteiger partial charge in [0.2, 0.25) is 0 Å². The number of ether oxygens (including phenoxy) is 1. The second kappa shape index (κ2) is 10.7. The number of nitrogens with zero attached hydrogens (tertiary/aromatic N) is 3. The molecule has 2 heterocycles. The highest BCUT2D eigenvalue weighted by atomic mass is 16.5. The van der Waals surface area contributed by atoms with Crippen molar-refractivity contribution in [3.05, 3.63) is 54.0 Å². The van der Waals surface area contributed by atoms with E-state index in [9.17, 15) is 4.79 Å². The Bertz CT molecular complexity index is 834. The first kappa shape index (κ1) is 21.8. The van der Waals surface area contributed by atoms with Crippen LogP contribution in [0.2, 0.25) is 0 Å². The summed E-state index contributed by atoms with van der Waals surface area (Å²) in [6, 6.07) is 6.27. The zero-order valence-electron chi connectivity index (χ0n) is 17.8. The van der Waals surface area contributed by atoms with Crippen molar-refractivity contribution < 1.29 is 9.53 Å². The minimum atomic E-state index is 0.781. The molecule has 0 saturated heterocycles. The van der Waals surface area contributed by atoms with E-state index in [1.807, 2.05) is 29.4 Å². The van der Waals surface area contributed by atoms with Crippen LogP contribution in [-0.2, 0) is 18.3 Å². The maximum absolute atomic E-state index is 10.4. The molecule has 0 unspecified atom stereocenters. The van der Waals surface area contributed by atoms with Crippen LogP contribution in [0.15, 0.2) is 48.4 Å². The van der Waals surface area contributed by atoms with E-state index >= 15 is 0 Å². The van der Waals surface area contributed by atoms with Crippen LogP contribution >= 0.6 is 0 Å². The highest BCUT2D eigenvalue weighted by Crippen LogP contribution is 2.25. The van der Waals surface area contributed by atoms with Crippen LogP contribution in [0, 0.1) is 0 Å². The van der Waals surface area contributed by atoms with Gasteiger partial charge in [-0.15, -0.1) is 0 Å². The molecule has 1 aliphatic rings. The average Bonchev–Trinajstić information content (AvgIpc) is 3.02. The zero-order valence-corrected chi connectivity index (χ0v) is 17.8. The predicted octanol–water partition coefficient (Wildman–Crippen LogP) is 3.99. The van der Waals surface area contributed by atoms with E-state index in [0.717, 1.165) is 50.0 Å². The van der Waals surface area contributed by atoms with Crippen molar-refractivity contribution in [2.75, 3.05) is 34.3 Å². The van der Waals surface area contributed by atoms with Gasteiger partial charge in [0.05, 0.1) is 12.6 Å². The molecule has 0 N–H and O–H groups in total. The number of carbonyl (C=O) groups is 1. The number of allylic oxidation sites excluding steroid dienone is 2. The van der Waals surface area contributed by atoms with Crippen LogP contribution in [0.1, 0.15) is 25.3 Å². The van der Waals surface area contributed by atoms with Crippen molar-refractivity contribution in [2.45, 2.75) is 26.2 Å². The van der Waals surface area contributed by atoms with Gasteiger partial charge in [-0.25, -0.2) is 0 Å². The molecule has 1 aliphatic heterocycles. The van der Waals surface area contributed by atoms with Crippen molar-refractivity contribution in [3.8, 4) is 5.75 Å². The summed E-state index contributed by atoms with van der Waals surface area (Å²) in [7, 11) is 8.00. The lowest BCUT2D eigenvalue weighted by molar-refractivity contribution is -0.105. The van der Waals surface area contributed by atoms with E-state index in [0.29, 0.717) is 0 Å². The van der Waals surface area contributed by atoms with Crippen molar-refractivity contribution in [1.82, 2.24) is 14.4 Å². The van der Waals surface area contributed by atoms with Gasteiger partial charge in [0.1, 0.15) is 12.0 Å². The van der Waals surface area contributed by atoms with E-state index in [1.165, 1.54) is 16.5 Å². The lowest BCUT2D eigenvalue weighted by atomic mass is 10.1. The van der Waals surface area contributed by atoms with Gasteiger partial charge in [-0.1, -0.05) is 13.0 Å². The Kier molecular flexibility index (Phi) is 8.33. The summed E-state index contributed by atoms with van der Waals surface area (Å²) in [5, 5.41) is 1.33. The highest BCUT2D eigenvalue weighted by Gasteiger charge is 2.07. The van der Waals surface area contributed by atoms with E-state index in [1.54, 1.807) is 7.11 Å². The summed E-state index contributed by atoms with van der Waals surface area (Å²) in [5.41, 5.74) is 3.50. The predicted molar refractivity (Wildman–Crippen MR) is 117 cm³/mol. The summed E-state index contributed by atoms with van der Waals surface area (Å²) < 4.78 is 7.43. The highest BCUT2D eigenvalue weighted by molar-refractivity contribution is 5.85. The maximum atomic E-state index is 10.4. The second-order valence-electron chi connectivity index (χ2n) is 7.35. The molecule has 5 heteroatoms. The fourth-order valence-electron chi connectivity index (χ4n) is 3.23. The lowest BCUT2D eigenvalue weighted by Crippen LogP contribution is -2.14. The number of methoxy groups -OCH3 is 1. The third-order valence-corrected chi connectivity index (χ3v) is 4.72. The molecular formula is C23H33N3O2. The van der Waals surface area contributed by atoms with Gasteiger partial charge >= 0.3 is 0 Å². The first-order valence-corrected chi connectivity index (χ1v) is 9.83. The van der Waals surface area contributed by atoms with Crippen LogP contribution in [0.25, 0.3) is 10.9 Å². The topological polar surface area (TPSA) is 37.7 Å². The molecule has 0 amide bonds. The number of aryl methyl sites for hydroxylation is 1. The second-order valence-corrected chi connectivity index (χ2v) is 7.35. The molecule has 3 rings (SSSR count). The molecule has 1 aromatic carbocycles. The average molecular weight is 384 g/mol. The summed E-state index contributed by atoms with van der Waals surface area (Å²) in [6.07, 6.45) is 12.1. The molecule has 0 fully saturated rings. The minimum absolute atomic E-state index is 0.781. The number of hydrogen-bond donors (Lipinski definition) is 0. The first-order chi connectivity index (χ1) is 13.5. The standard InChI is InChI=1S/C14H20N2O.C9H13NO/c1-15(2)8-7-11-10-16(3)14-9-12(17-4)5-6-13(11)14;1-2-5-10-6-3-4-9(7-10)8-11/h5-6,9-10H,7-8H2,1-4H3;3,6-8H,2,4-5H2,1H3. The van der Waals surface area contributed by atoms with E-state index in [-0.39, 0.29) is 0 Å². The summed E-state index contributed by atoms with van der Waals surface area (Å²) in [5.74, 6) is 0.915. The Balaban J connectivity index is 0.000000221. The largest absolute Gasteiger partial charge is 0.497 e. The van der Waals surface area contributed by atoms with Crippen LogP contribution in [-0.4, -0.2) is 54.9 Å². The Labute approximate surface area is 168 Å². The number of aromatic nitrogens is 1. The number of hydrogen-bond acceptors (Lipinski definition) is 4. The van der Waals surface area contributed by atoms with Gasteiger partial charge in [0.15, 0.2) is 0 Å². The number of aldehydes is 1. The molecule has 0 bridgehead atoms. The summed E-state index contributed by atoms with van der Waals surface area (Å²) in [4.78, 5) is 14.6. The molecular weight excluding hydrogens is 350 g/mol. The SMILES string of the molecule is CCCN1C=CCC(C=O)=C1.COc1ccc2c(CCN(C)C)cn(C)c2c1. The quantitative estimate of drug-likeness (QED) is 0.678. The molecule has 2 aromatic rings. The molecule has 0 atom stereocenters. The summed E-state index contributed by atoms with van der Waals surface area (Å²) in [6.45, 7) is 4.19. The van der Waals surface area contributed by atoms with Gasteiger partial charge in [0, 0.05) is 49.6 Å². The van der Waals surface area contributed by atoms with Gasteiger partial charge in [0.25, 0.3) is 0 Å². The van der Waals surface area contributed by atoms with Crippen LogP contribution in [0.5, 0.6) is 5.75 Å². The Morgan fingerprint density at radius 3 is 2.71 bits per heavy atom. The zero-order chi connectivity index (χ0) is 20.5. The van der Waals surface area contributed by atoms with Gasteiger partial charge < -0.3 is 19.1 Å². The third-order valence-electron chi connectivity index (χ3n) is 4.72. The van der Waals surface area contributed by atoms with Crippen LogP contribution < -0.4 is 4.74 Å². The van der Waals surface area contributed by atoms with Gasteiger partial charge in [-0.05, 0) is 57.3 Å². The first-order valence-electron chi connectivity index (χ1n) is 9.83.